The molecule has 9 nitrogen and oxygen atoms in total. The van der Waals surface area contributed by atoms with E-state index < -0.39 is 48.9 Å². The molecule has 1 aliphatic rings. The van der Waals surface area contributed by atoms with Crippen molar-refractivity contribution in [2.24, 2.45) is 0 Å². The minimum atomic E-state index is -1.43. The van der Waals surface area contributed by atoms with Crippen LogP contribution in [-0.2, 0) is 9.53 Å². The predicted molar refractivity (Wildman–Crippen MR) is 93.8 cm³/mol. The van der Waals surface area contributed by atoms with E-state index in [1.165, 1.54) is 36.1 Å². The van der Waals surface area contributed by atoms with E-state index in [-0.39, 0.29) is 0 Å². The summed E-state index contributed by atoms with van der Waals surface area (Å²) >= 11 is 0. The van der Waals surface area contributed by atoms with E-state index in [0.717, 1.165) is 4.90 Å². The number of carbonyl (C=O) groups is 1. The van der Waals surface area contributed by atoms with Crippen molar-refractivity contribution in [2.45, 2.75) is 30.6 Å². The number of nitrogens with zero attached hydrogens (tertiary/aromatic N) is 4. The van der Waals surface area contributed by atoms with E-state index in [1.54, 1.807) is 6.07 Å². The summed E-state index contributed by atoms with van der Waals surface area (Å²) < 4.78 is 20.1. The Bertz CT molecular complexity index is 898. The van der Waals surface area contributed by atoms with Crippen LogP contribution in [0.2, 0.25) is 0 Å². The van der Waals surface area contributed by atoms with Crippen molar-refractivity contribution < 1.29 is 29.2 Å². The summed E-state index contributed by atoms with van der Waals surface area (Å²) in [6, 6.07) is 4.60. The van der Waals surface area contributed by atoms with E-state index >= 15 is 0 Å². The lowest BCUT2D eigenvalue weighted by atomic mass is 9.95. The van der Waals surface area contributed by atoms with E-state index in [0.29, 0.717) is 11.3 Å². The van der Waals surface area contributed by atoms with Crippen LogP contribution in [0.3, 0.4) is 0 Å². The largest absolute Gasteiger partial charge is 0.394 e. The molecule has 0 saturated carbocycles. The summed E-state index contributed by atoms with van der Waals surface area (Å²) in [4.78, 5) is 12.8. The number of hydrogen-bond acceptors (Lipinski definition) is 7. The highest BCUT2D eigenvalue weighted by atomic mass is 19.1. The van der Waals surface area contributed by atoms with Gasteiger partial charge >= 0.3 is 0 Å². The third-order valence-corrected chi connectivity index (χ3v) is 4.63. The number of terminal acetylenes is 1. The number of aliphatic hydroxyl groups is 3. The molecule has 1 aromatic carbocycles. The lowest BCUT2D eigenvalue weighted by molar-refractivity contribution is -0.240. The van der Waals surface area contributed by atoms with Gasteiger partial charge in [0.1, 0.15) is 35.9 Å². The molecule has 148 valence electrons. The molecule has 1 fully saturated rings. The molecule has 3 rings (SSSR count). The molecular weight excluding hydrogens is 371 g/mol. The van der Waals surface area contributed by atoms with Gasteiger partial charge in [-0.25, -0.2) is 9.07 Å². The average Bonchev–Trinajstić information content (AvgIpc) is 3.17. The molecule has 1 aliphatic heterocycles. The number of rotatable bonds is 4. The summed E-state index contributed by atoms with van der Waals surface area (Å²) in [6.07, 6.45) is 1.42. The zero-order valence-electron chi connectivity index (χ0n) is 14.9. The first-order valence-corrected chi connectivity index (χ1v) is 8.41. The van der Waals surface area contributed by atoms with Crippen LogP contribution in [0.25, 0.3) is 11.3 Å². The molecule has 10 heteroatoms. The first kappa shape index (κ1) is 19.9. The van der Waals surface area contributed by atoms with E-state index in [1.807, 2.05) is 5.92 Å². The van der Waals surface area contributed by atoms with Crippen LogP contribution in [-0.4, -0.2) is 79.3 Å². The van der Waals surface area contributed by atoms with E-state index in [4.69, 9.17) is 11.2 Å². The molecule has 0 aliphatic carbocycles. The molecular formula is C18H19FN4O5. The Morgan fingerprint density at radius 1 is 1.43 bits per heavy atom. The van der Waals surface area contributed by atoms with Crippen molar-refractivity contribution in [2.75, 3.05) is 13.7 Å². The average molecular weight is 390 g/mol. The van der Waals surface area contributed by atoms with Crippen LogP contribution in [0, 0.1) is 18.2 Å². The highest BCUT2D eigenvalue weighted by Gasteiger charge is 2.48. The van der Waals surface area contributed by atoms with Gasteiger partial charge in [0.25, 0.3) is 5.91 Å². The number of halogens is 1. The van der Waals surface area contributed by atoms with Gasteiger partial charge in [-0.05, 0) is 18.1 Å². The van der Waals surface area contributed by atoms with Gasteiger partial charge in [-0.15, -0.1) is 11.5 Å². The fraction of sp³-hybridized carbons (Fsp3) is 0.389. The maximum Gasteiger partial charge on any atom is 0.300 e. The number of benzene rings is 1. The van der Waals surface area contributed by atoms with Crippen LogP contribution >= 0.6 is 0 Å². The van der Waals surface area contributed by atoms with Gasteiger partial charge in [-0.3, -0.25) is 4.79 Å². The molecule has 28 heavy (non-hydrogen) atoms. The van der Waals surface area contributed by atoms with Gasteiger partial charge in [-0.1, -0.05) is 17.3 Å². The fourth-order valence-corrected chi connectivity index (χ4v) is 3.13. The first-order valence-electron chi connectivity index (χ1n) is 8.41. The number of ether oxygens (including phenoxy) is 1. The zero-order chi connectivity index (χ0) is 20.4. The van der Waals surface area contributed by atoms with E-state index in [9.17, 15) is 24.5 Å². The smallest absolute Gasteiger partial charge is 0.300 e. The van der Waals surface area contributed by atoms with Crippen LogP contribution in [0.15, 0.2) is 30.5 Å². The van der Waals surface area contributed by atoms with Crippen LogP contribution in [0.4, 0.5) is 4.39 Å². The minimum absolute atomic E-state index is 0.315. The number of likely N-dealkylation sites (N-methyl/N-ethyl adjacent to an activating group) is 1. The van der Waals surface area contributed by atoms with Gasteiger partial charge in [0, 0.05) is 12.6 Å². The Kier molecular flexibility index (Phi) is 5.71. The van der Waals surface area contributed by atoms with Gasteiger partial charge in [0.05, 0.1) is 12.8 Å². The third-order valence-electron chi connectivity index (χ3n) is 4.63. The van der Waals surface area contributed by atoms with Gasteiger partial charge < -0.3 is 25.0 Å². The normalized spacial score (nSPS) is 27.2. The molecule has 1 amide bonds. The Labute approximate surface area is 160 Å². The SMILES string of the molecule is C#CC(=O)N(C)[C@@H]1OC(CO)[C@H](O)[C@H](n2cc(-c3cccc(F)c3)nn2)C1O. The number of amides is 1. The molecule has 0 spiro atoms. The maximum atomic E-state index is 13.5. The molecule has 3 N–H and O–H groups in total. The van der Waals surface area contributed by atoms with Gasteiger partial charge in [0.2, 0.25) is 0 Å². The molecule has 1 aromatic heterocycles. The van der Waals surface area contributed by atoms with Crippen molar-refractivity contribution in [1.29, 1.82) is 0 Å². The third kappa shape index (κ3) is 3.61. The van der Waals surface area contributed by atoms with Crippen molar-refractivity contribution >= 4 is 5.91 Å². The summed E-state index contributed by atoms with van der Waals surface area (Å²) in [7, 11) is 1.33. The van der Waals surface area contributed by atoms with E-state index in [2.05, 4.69) is 10.3 Å². The van der Waals surface area contributed by atoms with Crippen molar-refractivity contribution in [3.05, 3.63) is 36.3 Å². The second kappa shape index (κ2) is 8.04. The molecule has 0 radical (unpaired) electrons. The number of hydrogen-bond donors (Lipinski definition) is 3. The summed E-state index contributed by atoms with van der Waals surface area (Å²) in [6.45, 7) is -0.565. The summed E-state index contributed by atoms with van der Waals surface area (Å²) in [5, 5.41) is 38.7. The number of aromatic nitrogens is 3. The monoisotopic (exact) mass is 390 g/mol. The van der Waals surface area contributed by atoms with Crippen LogP contribution in [0.5, 0.6) is 0 Å². The van der Waals surface area contributed by atoms with Crippen molar-refractivity contribution in [1.82, 2.24) is 19.9 Å². The molecule has 5 atom stereocenters. The zero-order valence-corrected chi connectivity index (χ0v) is 14.9. The lowest BCUT2D eigenvalue weighted by Crippen LogP contribution is -2.61. The van der Waals surface area contributed by atoms with Gasteiger partial charge in [0.15, 0.2) is 6.23 Å². The summed E-state index contributed by atoms with van der Waals surface area (Å²) in [5.74, 6) is 0.721. The molecule has 1 saturated heterocycles. The number of carbonyl (C=O) groups excluding carboxylic acids is 1. The standard InChI is InChI=1S/C18H19FN4O5/c1-3-14(25)22(2)18-17(27)15(16(26)13(9-24)28-18)23-8-12(20-21-23)10-5-4-6-11(19)7-10/h1,4-8,13,15-18,24,26-27H,9H2,2H3/t13?,15-,16-,17?,18+/m0/s1. The summed E-state index contributed by atoms with van der Waals surface area (Å²) in [5.41, 5.74) is 0.771. The fourth-order valence-electron chi connectivity index (χ4n) is 3.13. The van der Waals surface area contributed by atoms with Gasteiger partial charge in [-0.2, -0.15) is 0 Å². The van der Waals surface area contributed by atoms with Crippen molar-refractivity contribution in [3.63, 3.8) is 0 Å². The second-order valence-corrected chi connectivity index (χ2v) is 6.37. The minimum Gasteiger partial charge on any atom is -0.394 e. The molecule has 0 bridgehead atoms. The van der Waals surface area contributed by atoms with Crippen molar-refractivity contribution in [3.8, 4) is 23.6 Å². The highest BCUT2D eigenvalue weighted by Crippen LogP contribution is 2.32. The Morgan fingerprint density at radius 3 is 2.82 bits per heavy atom. The molecule has 2 heterocycles. The Hall–Kier alpha value is -2.84. The second-order valence-electron chi connectivity index (χ2n) is 6.37. The Morgan fingerprint density at radius 2 is 2.18 bits per heavy atom. The quantitative estimate of drug-likeness (QED) is 0.582. The topological polar surface area (TPSA) is 121 Å². The van der Waals surface area contributed by atoms with Crippen LogP contribution < -0.4 is 0 Å². The maximum absolute atomic E-state index is 13.5. The predicted octanol–water partition coefficient (Wildman–Crippen LogP) is -0.844. The molecule has 2 unspecified atom stereocenters. The first-order chi connectivity index (χ1) is 13.4. The highest BCUT2D eigenvalue weighted by molar-refractivity contribution is 5.92. The molecule has 2 aromatic rings. The number of aliphatic hydroxyl groups excluding tert-OH is 3. The van der Waals surface area contributed by atoms with Crippen LogP contribution in [0.1, 0.15) is 6.04 Å². The Balaban J connectivity index is 1.94. The lowest BCUT2D eigenvalue weighted by Gasteiger charge is -2.44.